The van der Waals surface area contributed by atoms with Gasteiger partial charge in [0.1, 0.15) is 4.83 Å². The second kappa shape index (κ2) is 7.84. The van der Waals surface area contributed by atoms with Crippen LogP contribution in [0.5, 0.6) is 0 Å². The van der Waals surface area contributed by atoms with Gasteiger partial charge in [-0.05, 0) is 45.4 Å². The Balaban J connectivity index is 1.84. The average Bonchev–Trinajstić information content (AvgIpc) is 2.94. The Kier molecular flexibility index (Phi) is 5.73. The van der Waals surface area contributed by atoms with Crippen molar-refractivity contribution in [1.29, 1.82) is 0 Å². The van der Waals surface area contributed by atoms with Crippen LogP contribution in [-0.4, -0.2) is 41.2 Å². The number of carbonyl (C=O) groups excluding carboxylic acids is 2. The third kappa shape index (κ3) is 3.96. The van der Waals surface area contributed by atoms with Crippen LogP contribution >= 0.6 is 11.3 Å². The van der Waals surface area contributed by atoms with Crippen molar-refractivity contribution in [1.82, 2.24) is 9.88 Å². The average molecular weight is 374 g/mol. The molecular formula is C20H27N3O2S. The first-order valence-electron chi connectivity index (χ1n) is 9.28. The fourth-order valence-corrected chi connectivity index (χ4v) is 5.01. The molecule has 2 aromatic rings. The molecule has 6 heteroatoms. The van der Waals surface area contributed by atoms with Crippen molar-refractivity contribution in [3.63, 3.8) is 0 Å². The van der Waals surface area contributed by atoms with E-state index in [9.17, 15) is 9.59 Å². The van der Waals surface area contributed by atoms with E-state index in [0.29, 0.717) is 23.2 Å². The minimum Gasteiger partial charge on any atom is -0.323 e. The zero-order chi connectivity index (χ0) is 18.8. The molecule has 0 atom stereocenters. The Morgan fingerprint density at radius 2 is 1.96 bits per heavy atom. The number of nitrogens with zero attached hydrogens (tertiary/aromatic N) is 2. The maximum Gasteiger partial charge on any atom is 0.238 e. The Labute approximate surface area is 158 Å². The zero-order valence-electron chi connectivity index (χ0n) is 16.0. The van der Waals surface area contributed by atoms with Gasteiger partial charge in [-0.25, -0.2) is 4.98 Å². The van der Waals surface area contributed by atoms with Crippen LogP contribution in [0.4, 0.5) is 5.69 Å². The van der Waals surface area contributed by atoms with Gasteiger partial charge in [-0.2, -0.15) is 0 Å². The summed E-state index contributed by atoms with van der Waals surface area (Å²) in [7, 11) is 2.02. The van der Waals surface area contributed by atoms with Crippen LogP contribution in [0.15, 0.2) is 6.07 Å². The number of hydrogen-bond donors (Lipinski definition) is 1. The third-order valence-corrected chi connectivity index (χ3v) is 6.35. The fraction of sp³-hybridized carbons (Fsp3) is 0.550. The molecular weight excluding hydrogens is 346 g/mol. The van der Waals surface area contributed by atoms with Crippen LogP contribution in [0.1, 0.15) is 60.0 Å². The number of nitrogens with one attached hydrogen (secondary N) is 1. The van der Waals surface area contributed by atoms with Crippen molar-refractivity contribution in [2.75, 3.05) is 18.9 Å². The molecule has 140 valence electrons. The fourth-order valence-electron chi connectivity index (χ4n) is 3.87. The second-order valence-electron chi connectivity index (χ2n) is 7.38. The monoisotopic (exact) mass is 373 g/mol. The predicted octanol–water partition coefficient (Wildman–Crippen LogP) is 4.32. The van der Waals surface area contributed by atoms with Crippen molar-refractivity contribution < 1.29 is 9.59 Å². The number of carbonyl (C=O) groups is 2. The number of amides is 1. The van der Waals surface area contributed by atoms with Crippen LogP contribution in [-0.2, 0) is 4.79 Å². The molecule has 3 rings (SSSR count). The van der Waals surface area contributed by atoms with Crippen molar-refractivity contribution >= 4 is 38.9 Å². The van der Waals surface area contributed by atoms with Gasteiger partial charge < -0.3 is 5.32 Å². The van der Waals surface area contributed by atoms with Crippen molar-refractivity contribution in [2.45, 2.75) is 58.9 Å². The highest BCUT2D eigenvalue weighted by Gasteiger charge is 2.23. The number of aromatic nitrogens is 1. The van der Waals surface area contributed by atoms with Gasteiger partial charge in [0.15, 0.2) is 5.78 Å². The highest BCUT2D eigenvalue weighted by molar-refractivity contribution is 7.21. The molecule has 0 bridgehead atoms. The van der Waals surface area contributed by atoms with Gasteiger partial charge in [0.2, 0.25) is 5.91 Å². The maximum atomic E-state index is 12.7. The molecule has 0 radical (unpaired) electrons. The molecule has 1 N–H and O–H groups in total. The van der Waals surface area contributed by atoms with E-state index in [4.69, 9.17) is 0 Å². The molecule has 2 heterocycles. The van der Waals surface area contributed by atoms with Crippen LogP contribution < -0.4 is 5.32 Å². The molecule has 26 heavy (non-hydrogen) atoms. The standard InChI is InChI=1S/C20H27N3O2S/c1-12-10-13(2)21-20-17(12)18(19(26-20)14(3)24)22-16(25)11-23(4)15-8-6-5-7-9-15/h10,15H,5-9,11H2,1-4H3,(H,22,25). The van der Waals surface area contributed by atoms with E-state index in [1.807, 2.05) is 27.0 Å². The largest absolute Gasteiger partial charge is 0.323 e. The van der Waals surface area contributed by atoms with Gasteiger partial charge in [0.25, 0.3) is 0 Å². The molecule has 0 spiro atoms. The summed E-state index contributed by atoms with van der Waals surface area (Å²) >= 11 is 1.36. The number of fused-ring (bicyclic) bond motifs is 1. The number of thiophene rings is 1. The summed E-state index contributed by atoms with van der Waals surface area (Å²) in [6.07, 6.45) is 6.10. The number of likely N-dealkylation sites (N-methyl/N-ethyl adjacent to an activating group) is 1. The maximum absolute atomic E-state index is 12.7. The van der Waals surface area contributed by atoms with Gasteiger partial charge in [0, 0.05) is 24.0 Å². The molecule has 1 aliphatic carbocycles. The van der Waals surface area contributed by atoms with Crippen molar-refractivity contribution in [3.8, 4) is 0 Å². The van der Waals surface area contributed by atoms with Crippen LogP contribution in [0.25, 0.3) is 10.2 Å². The SMILES string of the molecule is CC(=O)c1sc2nc(C)cc(C)c2c1NC(=O)CN(C)C1CCCCC1. The minimum absolute atomic E-state index is 0.0408. The quantitative estimate of drug-likeness (QED) is 0.793. The minimum atomic E-state index is -0.0692. The molecule has 0 saturated heterocycles. The lowest BCUT2D eigenvalue weighted by Gasteiger charge is -2.30. The first-order chi connectivity index (χ1) is 12.4. The molecule has 0 aromatic carbocycles. The number of Topliss-reactive ketones (excluding diaryl/α,β-unsaturated/α-hetero) is 1. The van der Waals surface area contributed by atoms with Crippen molar-refractivity contribution in [3.05, 3.63) is 22.2 Å². The summed E-state index contributed by atoms with van der Waals surface area (Å²) in [5.41, 5.74) is 2.58. The molecule has 2 aromatic heterocycles. The summed E-state index contributed by atoms with van der Waals surface area (Å²) < 4.78 is 0. The summed E-state index contributed by atoms with van der Waals surface area (Å²) in [6.45, 7) is 5.82. The second-order valence-corrected chi connectivity index (χ2v) is 8.38. The summed E-state index contributed by atoms with van der Waals surface area (Å²) in [4.78, 5) is 32.9. The molecule has 5 nitrogen and oxygen atoms in total. The Morgan fingerprint density at radius 1 is 1.27 bits per heavy atom. The summed E-state index contributed by atoms with van der Waals surface area (Å²) in [5, 5.41) is 3.90. The number of hydrogen-bond acceptors (Lipinski definition) is 5. The van der Waals surface area contributed by atoms with E-state index in [2.05, 4.69) is 15.2 Å². The number of ketones is 1. The summed E-state index contributed by atoms with van der Waals surface area (Å²) in [6, 6.07) is 2.47. The lowest BCUT2D eigenvalue weighted by molar-refractivity contribution is -0.117. The number of aryl methyl sites for hydroxylation is 2. The number of rotatable bonds is 5. The van der Waals surface area contributed by atoms with E-state index in [1.165, 1.54) is 37.5 Å². The smallest absolute Gasteiger partial charge is 0.238 e. The topological polar surface area (TPSA) is 62.3 Å². The Hall–Kier alpha value is -1.79. The van der Waals surface area contributed by atoms with E-state index in [-0.39, 0.29) is 11.7 Å². The van der Waals surface area contributed by atoms with Crippen LogP contribution in [0, 0.1) is 13.8 Å². The van der Waals surface area contributed by atoms with E-state index in [0.717, 1.165) is 34.3 Å². The highest BCUT2D eigenvalue weighted by Crippen LogP contribution is 2.37. The molecule has 1 saturated carbocycles. The van der Waals surface area contributed by atoms with Gasteiger partial charge in [-0.15, -0.1) is 11.3 Å². The number of anilines is 1. The van der Waals surface area contributed by atoms with E-state index in [1.54, 1.807) is 0 Å². The van der Waals surface area contributed by atoms with Gasteiger partial charge in [-0.1, -0.05) is 19.3 Å². The van der Waals surface area contributed by atoms with Crippen LogP contribution in [0.2, 0.25) is 0 Å². The van der Waals surface area contributed by atoms with E-state index < -0.39 is 0 Å². The van der Waals surface area contributed by atoms with Gasteiger partial charge in [0.05, 0.1) is 17.1 Å². The van der Waals surface area contributed by atoms with Crippen molar-refractivity contribution in [2.24, 2.45) is 0 Å². The summed E-state index contributed by atoms with van der Waals surface area (Å²) in [5.74, 6) is -0.110. The van der Waals surface area contributed by atoms with Gasteiger partial charge in [-0.3, -0.25) is 14.5 Å². The molecule has 1 fully saturated rings. The zero-order valence-corrected chi connectivity index (χ0v) is 16.8. The lowest BCUT2D eigenvalue weighted by atomic mass is 9.94. The van der Waals surface area contributed by atoms with E-state index >= 15 is 0 Å². The lowest BCUT2D eigenvalue weighted by Crippen LogP contribution is -2.39. The predicted molar refractivity (Wildman–Crippen MR) is 107 cm³/mol. The molecule has 0 unspecified atom stereocenters. The first-order valence-corrected chi connectivity index (χ1v) is 10.1. The van der Waals surface area contributed by atoms with Gasteiger partial charge >= 0.3 is 0 Å². The van der Waals surface area contributed by atoms with Crippen LogP contribution in [0.3, 0.4) is 0 Å². The highest BCUT2D eigenvalue weighted by atomic mass is 32.1. The normalized spacial score (nSPS) is 15.6. The number of pyridine rings is 1. The molecule has 1 amide bonds. The Morgan fingerprint density at radius 3 is 2.62 bits per heavy atom. The Bertz CT molecular complexity index is 837. The first kappa shape index (κ1) is 19.0. The molecule has 1 aliphatic rings. The third-order valence-electron chi connectivity index (χ3n) is 5.16. The molecule has 0 aliphatic heterocycles.